The Balaban J connectivity index is 2.17. The van der Waals surface area contributed by atoms with Gasteiger partial charge in [0.25, 0.3) is 0 Å². The van der Waals surface area contributed by atoms with Crippen LogP contribution in [0.5, 0.6) is 11.5 Å². The lowest BCUT2D eigenvalue weighted by Crippen LogP contribution is -2.04. The molecule has 0 aliphatic carbocycles. The van der Waals surface area contributed by atoms with Gasteiger partial charge in [0.1, 0.15) is 0 Å². The van der Waals surface area contributed by atoms with Crippen LogP contribution in [0.25, 0.3) is 0 Å². The molecule has 0 atom stereocenters. The van der Waals surface area contributed by atoms with Crippen LogP contribution >= 0.6 is 0 Å². The van der Waals surface area contributed by atoms with Crippen molar-refractivity contribution in [2.45, 2.75) is 162 Å². The standard InChI is InChI=1S/C34H60O3/c1-4-6-8-10-12-14-16-18-20-22-24-28-36-33-27-26-32(31(3)35)30-34(33)37-29-25-23-21-19-17-15-13-11-9-7-5-2/h26-27,30H,4-25,28-29H2,1-3H3. The molecule has 0 spiro atoms. The first-order valence-electron chi connectivity index (χ1n) is 16.1. The molecule has 3 nitrogen and oxygen atoms in total. The molecule has 0 radical (unpaired) electrons. The Morgan fingerprint density at radius 2 is 0.865 bits per heavy atom. The van der Waals surface area contributed by atoms with Gasteiger partial charge in [0.2, 0.25) is 0 Å². The Kier molecular flexibility index (Phi) is 22.5. The van der Waals surface area contributed by atoms with Crippen molar-refractivity contribution in [2.24, 2.45) is 0 Å². The molecular weight excluding hydrogens is 456 g/mol. The molecule has 1 aromatic carbocycles. The molecule has 0 N–H and O–H groups in total. The molecule has 0 bridgehead atoms. The molecular formula is C34H60O3. The highest BCUT2D eigenvalue weighted by molar-refractivity contribution is 5.94. The Labute approximate surface area is 230 Å². The fourth-order valence-corrected chi connectivity index (χ4v) is 4.86. The predicted molar refractivity (Wildman–Crippen MR) is 160 cm³/mol. The van der Waals surface area contributed by atoms with E-state index in [1.165, 1.54) is 128 Å². The summed E-state index contributed by atoms with van der Waals surface area (Å²) in [6, 6.07) is 5.62. The van der Waals surface area contributed by atoms with Gasteiger partial charge in [-0.3, -0.25) is 4.79 Å². The Morgan fingerprint density at radius 1 is 0.514 bits per heavy atom. The third kappa shape index (κ3) is 19.2. The van der Waals surface area contributed by atoms with E-state index in [2.05, 4.69) is 13.8 Å². The molecule has 0 aromatic heterocycles. The van der Waals surface area contributed by atoms with Crippen LogP contribution in [0.1, 0.15) is 172 Å². The van der Waals surface area contributed by atoms with Crippen LogP contribution in [-0.4, -0.2) is 19.0 Å². The largest absolute Gasteiger partial charge is 0.490 e. The van der Waals surface area contributed by atoms with Gasteiger partial charge in [-0.2, -0.15) is 0 Å². The summed E-state index contributed by atoms with van der Waals surface area (Å²) in [6.07, 6.45) is 29.2. The first-order valence-corrected chi connectivity index (χ1v) is 16.1. The fraction of sp³-hybridized carbons (Fsp3) is 0.794. The van der Waals surface area contributed by atoms with E-state index in [1.807, 2.05) is 18.2 Å². The molecule has 0 fully saturated rings. The van der Waals surface area contributed by atoms with E-state index in [-0.39, 0.29) is 5.78 Å². The molecule has 37 heavy (non-hydrogen) atoms. The summed E-state index contributed by atoms with van der Waals surface area (Å²) in [5, 5.41) is 0. The average molecular weight is 517 g/mol. The van der Waals surface area contributed by atoms with Crippen LogP contribution in [0.4, 0.5) is 0 Å². The van der Waals surface area contributed by atoms with E-state index in [9.17, 15) is 4.79 Å². The highest BCUT2D eigenvalue weighted by Crippen LogP contribution is 2.29. The Bertz CT molecular complexity index is 654. The number of unbranched alkanes of at least 4 members (excludes halogenated alkanes) is 20. The minimum atomic E-state index is 0.0662. The third-order valence-electron chi connectivity index (χ3n) is 7.36. The minimum Gasteiger partial charge on any atom is -0.490 e. The van der Waals surface area contributed by atoms with Gasteiger partial charge in [0.15, 0.2) is 17.3 Å². The lowest BCUT2D eigenvalue weighted by molar-refractivity contribution is 0.101. The first-order chi connectivity index (χ1) is 18.2. The third-order valence-corrected chi connectivity index (χ3v) is 7.36. The van der Waals surface area contributed by atoms with Crippen molar-refractivity contribution in [2.75, 3.05) is 13.2 Å². The Hall–Kier alpha value is -1.51. The topological polar surface area (TPSA) is 35.5 Å². The number of hydrogen-bond donors (Lipinski definition) is 0. The summed E-state index contributed by atoms with van der Waals surface area (Å²) < 4.78 is 12.2. The van der Waals surface area contributed by atoms with Gasteiger partial charge in [0.05, 0.1) is 13.2 Å². The second kappa shape index (κ2) is 24.8. The SMILES string of the molecule is CCCCCCCCCCCCCOc1ccc(C(C)=O)cc1OCCCCCCCCCCCCC. The summed E-state index contributed by atoms with van der Waals surface area (Å²) in [4.78, 5) is 11.9. The van der Waals surface area contributed by atoms with E-state index in [0.29, 0.717) is 18.8 Å². The van der Waals surface area contributed by atoms with Crippen LogP contribution in [0.15, 0.2) is 18.2 Å². The minimum absolute atomic E-state index is 0.0662. The van der Waals surface area contributed by atoms with Gasteiger partial charge in [0, 0.05) is 5.56 Å². The zero-order chi connectivity index (χ0) is 26.8. The second-order valence-corrected chi connectivity index (χ2v) is 11.0. The van der Waals surface area contributed by atoms with Crippen LogP contribution < -0.4 is 9.47 Å². The second-order valence-electron chi connectivity index (χ2n) is 11.0. The first kappa shape index (κ1) is 33.5. The Morgan fingerprint density at radius 3 is 1.24 bits per heavy atom. The molecule has 0 unspecified atom stereocenters. The summed E-state index contributed by atoms with van der Waals surface area (Å²) in [5.74, 6) is 1.57. The van der Waals surface area contributed by atoms with Crippen molar-refractivity contribution < 1.29 is 14.3 Å². The molecule has 1 aromatic rings. The predicted octanol–water partition coefficient (Wildman–Crippen LogP) is 11.3. The zero-order valence-corrected chi connectivity index (χ0v) is 24.9. The van der Waals surface area contributed by atoms with Gasteiger partial charge in [-0.05, 0) is 38.0 Å². The summed E-state index contributed by atoms with van der Waals surface area (Å²) in [5.41, 5.74) is 0.691. The molecule has 3 heteroatoms. The van der Waals surface area contributed by atoms with Gasteiger partial charge in [-0.1, -0.05) is 142 Å². The molecule has 214 valence electrons. The van der Waals surface area contributed by atoms with Crippen LogP contribution in [0, 0.1) is 0 Å². The van der Waals surface area contributed by atoms with E-state index in [4.69, 9.17) is 9.47 Å². The molecule has 0 amide bonds. The average Bonchev–Trinajstić information content (AvgIpc) is 2.90. The number of carbonyl (C=O) groups is 1. The molecule has 0 saturated heterocycles. The van der Waals surface area contributed by atoms with Crippen molar-refractivity contribution >= 4 is 5.78 Å². The van der Waals surface area contributed by atoms with Crippen molar-refractivity contribution in [3.05, 3.63) is 23.8 Å². The van der Waals surface area contributed by atoms with Crippen LogP contribution in [0.3, 0.4) is 0 Å². The zero-order valence-electron chi connectivity index (χ0n) is 24.9. The number of carbonyl (C=O) groups excluding carboxylic acids is 1. The van der Waals surface area contributed by atoms with Gasteiger partial charge in [-0.25, -0.2) is 0 Å². The van der Waals surface area contributed by atoms with Gasteiger partial charge < -0.3 is 9.47 Å². The van der Waals surface area contributed by atoms with E-state index >= 15 is 0 Å². The maximum Gasteiger partial charge on any atom is 0.161 e. The van der Waals surface area contributed by atoms with Crippen molar-refractivity contribution in [1.29, 1.82) is 0 Å². The maximum absolute atomic E-state index is 11.9. The maximum atomic E-state index is 11.9. The van der Waals surface area contributed by atoms with Crippen molar-refractivity contribution in [3.63, 3.8) is 0 Å². The molecule has 0 aliphatic heterocycles. The van der Waals surface area contributed by atoms with Crippen LogP contribution in [0.2, 0.25) is 0 Å². The molecule has 0 heterocycles. The van der Waals surface area contributed by atoms with Gasteiger partial charge >= 0.3 is 0 Å². The molecule has 0 aliphatic rings. The van der Waals surface area contributed by atoms with E-state index in [1.54, 1.807) is 6.92 Å². The smallest absolute Gasteiger partial charge is 0.161 e. The number of benzene rings is 1. The lowest BCUT2D eigenvalue weighted by atomic mass is 10.1. The number of hydrogen-bond acceptors (Lipinski definition) is 3. The number of rotatable bonds is 27. The molecule has 0 saturated carbocycles. The normalized spacial score (nSPS) is 11.1. The number of ketones is 1. The fourth-order valence-electron chi connectivity index (χ4n) is 4.86. The highest BCUT2D eigenvalue weighted by atomic mass is 16.5. The van der Waals surface area contributed by atoms with Crippen molar-refractivity contribution in [3.8, 4) is 11.5 Å². The van der Waals surface area contributed by atoms with Crippen molar-refractivity contribution in [1.82, 2.24) is 0 Å². The number of Topliss-reactive ketones (excluding diaryl/α,β-unsaturated/α-hetero) is 1. The highest BCUT2D eigenvalue weighted by Gasteiger charge is 2.09. The van der Waals surface area contributed by atoms with Crippen LogP contribution in [-0.2, 0) is 0 Å². The summed E-state index contributed by atoms with van der Waals surface area (Å²) >= 11 is 0. The molecule has 1 rings (SSSR count). The monoisotopic (exact) mass is 516 g/mol. The lowest BCUT2D eigenvalue weighted by Gasteiger charge is -2.14. The quantitative estimate of drug-likeness (QED) is 0.0861. The summed E-state index contributed by atoms with van der Waals surface area (Å²) in [6.45, 7) is 7.56. The van der Waals surface area contributed by atoms with Gasteiger partial charge in [-0.15, -0.1) is 0 Å². The van der Waals surface area contributed by atoms with E-state index < -0.39 is 0 Å². The van der Waals surface area contributed by atoms with E-state index in [0.717, 1.165) is 24.3 Å². The number of ether oxygens (including phenoxy) is 2. The summed E-state index contributed by atoms with van der Waals surface area (Å²) in [7, 11) is 0.